The first-order chi connectivity index (χ1) is 25.1. The largest absolute Gasteiger partial charge is 0.477 e. The summed E-state index contributed by atoms with van der Waals surface area (Å²) in [5.74, 6) is -1.47. The number of hydrogen-bond acceptors (Lipinski definition) is 6. The van der Waals surface area contributed by atoms with Crippen LogP contribution in [0.3, 0.4) is 0 Å². The molecule has 0 aromatic heterocycles. The van der Waals surface area contributed by atoms with Crippen molar-refractivity contribution in [1.82, 2.24) is 0 Å². The molecule has 0 aromatic rings. The Balaban J connectivity index is 4.35. The molecule has 0 radical (unpaired) electrons. The number of allylic oxidation sites excluding steroid dienone is 4. The Morgan fingerprint density at radius 1 is 0.577 bits per heavy atom. The first-order valence-corrected chi connectivity index (χ1v) is 21.4. The van der Waals surface area contributed by atoms with Crippen LogP contribution in [0.15, 0.2) is 24.3 Å². The normalized spacial score (nSPS) is 13.2. The molecule has 1 N–H and O–H groups in total. The Hall–Kier alpha value is -2.19. The fourth-order valence-electron chi connectivity index (χ4n) is 6.24. The molecule has 2 unspecified atom stereocenters. The van der Waals surface area contributed by atoms with E-state index in [1.807, 2.05) is 21.1 Å². The lowest BCUT2D eigenvalue weighted by Crippen LogP contribution is -2.50. The molecule has 0 amide bonds. The van der Waals surface area contributed by atoms with Crippen molar-refractivity contribution in [2.24, 2.45) is 0 Å². The van der Waals surface area contributed by atoms with Crippen molar-refractivity contribution in [3.8, 4) is 0 Å². The highest BCUT2D eigenvalue weighted by atomic mass is 16.6. The van der Waals surface area contributed by atoms with Crippen LogP contribution in [0.5, 0.6) is 0 Å². The van der Waals surface area contributed by atoms with E-state index >= 15 is 0 Å². The van der Waals surface area contributed by atoms with E-state index in [-0.39, 0.29) is 36.2 Å². The number of carbonyl (C=O) groups excluding carboxylic acids is 2. The van der Waals surface area contributed by atoms with Gasteiger partial charge in [-0.2, -0.15) is 0 Å². The van der Waals surface area contributed by atoms with Crippen molar-refractivity contribution < 1.29 is 38.2 Å². The number of likely N-dealkylation sites (N-methyl/N-ethyl adjacent to an activating group) is 1. The van der Waals surface area contributed by atoms with E-state index in [4.69, 9.17) is 14.2 Å². The summed E-state index contributed by atoms with van der Waals surface area (Å²) in [5, 5.41) is 9.60. The molecule has 0 aliphatic carbocycles. The van der Waals surface area contributed by atoms with Gasteiger partial charge in [0, 0.05) is 19.3 Å². The van der Waals surface area contributed by atoms with Crippen LogP contribution in [0.4, 0.5) is 0 Å². The van der Waals surface area contributed by atoms with E-state index in [9.17, 15) is 19.5 Å². The summed E-state index contributed by atoms with van der Waals surface area (Å²) in [5.41, 5.74) is 0. The molecule has 0 heterocycles. The van der Waals surface area contributed by atoms with Crippen LogP contribution < -0.4 is 0 Å². The van der Waals surface area contributed by atoms with Crippen molar-refractivity contribution in [2.75, 3.05) is 41.0 Å². The van der Waals surface area contributed by atoms with Crippen molar-refractivity contribution in [1.29, 1.82) is 0 Å². The molecule has 2 atom stereocenters. The second-order valence-electron chi connectivity index (χ2n) is 15.6. The van der Waals surface area contributed by atoms with Gasteiger partial charge in [-0.3, -0.25) is 9.59 Å². The van der Waals surface area contributed by atoms with E-state index in [1.165, 1.54) is 103 Å². The molecule has 0 aliphatic heterocycles. The Morgan fingerprint density at radius 3 is 1.52 bits per heavy atom. The number of rotatable bonds is 38. The molecule has 0 saturated heterocycles. The summed E-state index contributed by atoms with van der Waals surface area (Å²) in [6.45, 7) is 4.70. The zero-order valence-corrected chi connectivity index (χ0v) is 34.5. The Kier molecular flexibility index (Phi) is 34.3. The van der Waals surface area contributed by atoms with Crippen LogP contribution in [0, 0.1) is 0 Å². The molecule has 8 heteroatoms. The van der Waals surface area contributed by atoms with Crippen molar-refractivity contribution in [3.63, 3.8) is 0 Å². The first kappa shape index (κ1) is 49.8. The molecule has 0 saturated carbocycles. The van der Waals surface area contributed by atoms with Gasteiger partial charge in [0.15, 0.2) is 12.1 Å². The maximum atomic E-state index is 12.7. The molecule has 52 heavy (non-hydrogen) atoms. The molecule has 0 spiro atoms. The minimum Gasteiger partial charge on any atom is -0.477 e. The Morgan fingerprint density at radius 2 is 1.02 bits per heavy atom. The highest BCUT2D eigenvalue weighted by molar-refractivity contribution is 5.72. The lowest BCUT2D eigenvalue weighted by Gasteiger charge is -2.31. The van der Waals surface area contributed by atoms with Crippen molar-refractivity contribution in [3.05, 3.63) is 24.3 Å². The van der Waals surface area contributed by atoms with E-state index in [1.54, 1.807) is 0 Å². The monoisotopic (exact) mass is 737 g/mol. The number of ether oxygens (including phenoxy) is 3. The maximum absolute atomic E-state index is 12.7. The molecule has 8 nitrogen and oxygen atoms in total. The number of carboxylic acid groups (broad SMARTS) is 1. The van der Waals surface area contributed by atoms with Gasteiger partial charge < -0.3 is 23.8 Å². The fraction of sp³-hybridized carbons (Fsp3) is 0.841. The van der Waals surface area contributed by atoms with Crippen LogP contribution in [-0.2, 0) is 28.6 Å². The number of quaternary nitrogens is 1. The number of hydrogen-bond donors (Lipinski definition) is 1. The first-order valence-electron chi connectivity index (χ1n) is 21.4. The quantitative estimate of drug-likeness (QED) is 0.0291. The highest BCUT2D eigenvalue weighted by Crippen LogP contribution is 2.14. The van der Waals surface area contributed by atoms with Crippen LogP contribution >= 0.6 is 0 Å². The summed E-state index contributed by atoms with van der Waals surface area (Å²) < 4.78 is 17.2. The SMILES string of the molecule is CCCCC/C=C\C/C=C\CCCCCCCCCC(=O)OC(COCCC(C(=O)O)[N+](C)(C)C)COC(=O)CCCCCCCCCCCCC. The number of aliphatic carboxylic acids is 1. The molecule has 0 aliphatic rings. The lowest BCUT2D eigenvalue weighted by molar-refractivity contribution is -0.887. The van der Waals surface area contributed by atoms with Gasteiger partial charge in [0.25, 0.3) is 0 Å². The number of carbonyl (C=O) groups is 3. The summed E-state index contributed by atoms with van der Waals surface area (Å²) in [4.78, 5) is 36.9. The zero-order valence-electron chi connectivity index (χ0n) is 34.5. The smallest absolute Gasteiger partial charge is 0.362 e. The van der Waals surface area contributed by atoms with Crippen molar-refractivity contribution >= 4 is 17.9 Å². The highest BCUT2D eigenvalue weighted by Gasteiger charge is 2.31. The summed E-state index contributed by atoms with van der Waals surface area (Å²) >= 11 is 0. The predicted octanol–water partition coefficient (Wildman–Crippen LogP) is 11.3. The fourth-order valence-corrected chi connectivity index (χ4v) is 6.24. The summed E-state index contributed by atoms with van der Waals surface area (Å²) in [7, 11) is 5.52. The lowest BCUT2D eigenvalue weighted by atomic mass is 10.1. The zero-order chi connectivity index (χ0) is 38.5. The Labute approximate surface area is 320 Å². The predicted molar refractivity (Wildman–Crippen MR) is 215 cm³/mol. The molecule has 0 fully saturated rings. The second-order valence-corrected chi connectivity index (χ2v) is 15.6. The molecular formula is C44H82NO7+. The molecule has 0 aromatic carbocycles. The average Bonchev–Trinajstić information content (AvgIpc) is 3.09. The number of nitrogens with zero attached hydrogens (tertiary/aromatic N) is 1. The van der Waals surface area contributed by atoms with E-state index < -0.39 is 18.1 Å². The average molecular weight is 737 g/mol. The van der Waals surface area contributed by atoms with E-state index in [0.717, 1.165) is 51.4 Å². The van der Waals surface area contributed by atoms with Gasteiger partial charge in [-0.05, 0) is 44.9 Å². The van der Waals surface area contributed by atoms with Gasteiger partial charge in [-0.1, -0.05) is 147 Å². The third-order valence-corrected chi connectivity index (χ3v) is 9.60. The molecule has 0 bridgehead atoms. The standard InChI is InChI=1S/C44H81NO7/c1-6-8-10-12-14-16-18-19-20-21-22-23-25-27-29-31-33-35-43(47)52-40(38-50-37-36-41(44(48)49)45(3,4)5)39-51-42(46)34-32-30-28-26-24-17-15-13-11-9-7-2/h14,16,19-20,40-41H,6-13,15,17-18,21-39H2,1-5H3/p+1/b16-14-,20-19-. The van der Waals surface area contributed by atoms with Gasteiger partial charge >= 0.3 is 17.9 Å². The van der Waals surface area contributed by atoms with E-state index in [2.05, 4.69) is 38.2 Å². The summed E-state index contributed by atoms with van der Waals surface area (Å²) in [6.07, 6.45) is 37.8. The molecule has 0 rings (SSSR count). The van der Waals surface area contributed by atoms with Gasteiger partial charge in [0.2, 0.25) is 0 Å². The van der Waals surface area contributed by atoms with Crippen LogP contribution in [0.25, 0.3) is 0 Å². The van der Waals surface area contributed by atoms with Gasteiger partial charge in [-0.25, -0.2) is 4.79 Å². The summed E-state index contributed by atoms with van der Waals surface area (Å²) in [6, 6.07) is -0.612. The third kappa shape index (κ3) is 33.6. The van der Waals surface area contributed by atoms with Crippen LogP contribution in [-0.4, -0.2) is 80.6 Å². The number of esters is 2. The van der Waals surface area contributed by atoms with Gasteiger partial charge in [-0.15, -0.1) is 0 Å². The topological polar surface area (TPSA) is 99.1 Å². The Bertz CT molecular complexity index is 911. The van der Waals surface area contributed by atoms with Crippen LogP contribution in [0.2, 0.25) is 0 Å². The number of unbranched alkanes of at least 4 members (excludes halogenated alkanes) is 20. The van der Waals surface area contributed by atoms with E-state index in [0.29, 0.717) is 19.3 Å². The van der Waals surface area contributed by atoms with Gasteiger partial charge in [0.05, 0.1) is 34.4 Å². The number of carboxylic acids is 1. The third-order valence-electron chi connectivity index (χ3n) is 9.60. The minimum atomic E-state index is -0.875. The minimum absolute atomic E-state index is 0.0504. The molecular weight excluding hydrogens is 654 g/mol. The van der Waals surface area contributed by atoms with Crippen LogP contribution in [0.1, 0.15) is 187 Å². The molecule has 304 valence electrons. The maximum Gasteiger partial charge on any atom is 0.362 e. The van der Waals surface area contributed by atoms with Crippen molar-refractivity contribution in [2.45, 2.75) is 199 Å². The van der Waals surface area contributed by atoms with Gasteiger partial charge in [0.1, 0.15) is 6.61 Å². The second kappa shape index (κ2) is 35.8.